The third-order valence-corrected chi connectivity index (χ3v) is 7.36. The SMILES string of the molecule is CC(C)c1cc(C(=O)N2CCN(C3=NS(=O)(=O)c4ccccc43)CC2)c2ccccc2n1. The Hall–Kier alpha value is -3.26. The molecule has 32 heavy (non-hydrogen) atoms. The number of benzene rings is 2. The summed E-state index contributed by atoms with van der Waals surface area (Å²) in [6.07, 6.45) is 0. The number of hydrogen-bond acceptors (Lipinski definition) is 5. The molecular formula is C24H24N4O3S. The summed E-state index contributed by atoms with van der Waals surface area (Å²) in [5.74, 6) is 0.668. The second-order valence-electron chi connectivity index (χ2n) is 8.43. The van der Waals surface area contributed by atoms with Crippen LogP contribution in [0.25, 0.3) is 10.9 Å². The van der Waals surface area contributed by atoms with Gasteiger partial charge in [0.2, 0.25) is 0 Å². The van der Waals surface area contributed by atoms with Crippen LogP contribution in [0.5, 0.6) is 0 Å². The molecule has 1 amide bonds. The molecular weight excluding hydrogens is 424 g/mol. The zero-order valence-electron chi connectivity index (χ0n) is 18.0. The summed E-state index contributed by atoms with van der Waals surface area (Å²) in [4.78, 5) is 22.2. The second kappa shape index (κ2) is 7.70. The quantitative estimate of drug-likeness (QED) is 0.601. The average Bonchev–Trinajstić information content (AvgIpc) is 3.09. The van der Waals surface area contributed by atoms with E-state index in [1.165, 1.54) is 0 Å². The first-order valence-electron chi connectivity index (χ1n) is 10.7. The number of rotatable bonds is 2. The molecule has 0 aliphatic carbocycles. The maximum Gasteiger partial charge on any atom is 0.285 e. The lowest BCUT2D eigenvalue weighted by molar-refractivity contribution is 0.0694. The fourth-order valence-corrected chi connectivity index (χ4v) is 5.50. The van der Waals surface area contributed by atoms with E-state index in [-0.39, 0.29) is 16.7 Å². The van der Waals surface area contributed by atoms with E-state index in [1.54, 1.807) is 18.2 Å². The normalized spacial score (nSPS) is 17.5. The minimum Gasteiger partial charge on any atom is -0.352 e. The molecule has 2 aromatic carbocycles. The van der Waals surface area contributed by atoms with Crippen LogP contribution >= 0.6 is 0 Å². The van der Waals surface area contributed by atoms with Gasteiger partial charge in [-0.25, -0.2) is 0 Å². The Morgan fingerprint density at radius 1 is 0.969 bits per heavy atom. The molecule has 8 heteroatoms. The first kappa shape index (κ1) is 20.6. The Balaban J connectivity index is 1.40. The van der Waals surface area contributed by atoms with Gasteiger partial charge < -0.3 is 9.80 Å². The van der Waals surface area contributed by atoms with Crippen LogP contribution < -0.4 is 0 Å². The summed E-state index contributed by atoms with van der Waals surface area (Å²) in [5, 5.41) is 0.851. The van der Waals surface area contributed by atoms with Crippen LogP contribution in [0.1, 0.15) is 41.4 Å². The standard InChI is InChI=1S/C24H24N4O3S/c1-16(2)21-15-19(17-7-3-5-9-20(17)25-21)24(29)28-13-11-27(12-14-28)23-18-8-4-6-10-22(18)32(30,31)26-23/h3-10,15-16H,11-14H2,1-2H3. The van der Waals surface area contributed by atoms with Crippen molar-refractivity contribution in [1.29, 1.82) is 0 Å². The van der Waals surface area contributed by atoms with E-state index in [0.717, 1.165) is 16.6 Å². The van der Waals surface area contributed by atoms with Gasteiger partial charge in [-0.3, -0.25) is 9.78 Å². The van der Waals surface area contributed by atoms with Crippen molar-refractivity contribution in [2.24, 2.45) is 4.40 Å². The molecule has 1 saturated heterocycles. The van der Waals surface area contributed by atoms with Crippen molar-refractivity contribution in [3.63, 3.8) is 0 Å². The predicted molar refractivity (Wildman–Crippen MR) is 123 cm³/mol. The molecule has 5 rings (SSSR count). The van der Waals surface area contributed by atoms with E-state index in [4.69, 9.17) is 4.98 Å². The number of hydrogen-bond donors (Lipinski definition) is 0. The number of amides is 1. The van der Waals surface area contributed by atoms with Crippen LogP contribution in [0.15, 0.2) is 63.9 Å². The van der Waals surface area contributed by atoms with Gasteiger partial charge in [0.15, 0.2) is 5.84 Å². The lowest BCUT2D eigenvalue weighted by Gasteiger charge is -2.36. The Bertz CT molecular complexity index is 1360. The van der Waals surface area contributed by atoms with Crippen LogP contribution in [0, 0.1) is 0 Å². The number of para-hydroxylation sites is 1. The summed E-state index contributed by atoms with van der Waals surface area (Å²) in [6, 6.07) is 16.5. The highest BCUT2D eigenvalue weighted by Crippen LogP contribution is 2.28. The monoisotopic (exact) mass is 448 g/mol. The molecule has 0 N–H and O–H groups in total. The van der Waals surface area contributed by atoms with E-state index in [9.17, 15) is 13.2 Å². The van der Waals surface area contributed by atoms with Gasteiger partial charge in [0.1, 0.15) is 4.90 Å². The fourth-order valence-electron chi connectivity index (χ4n) is 4.28. The van der Waals surface area contributed by atoms with Crippen molar-refractivity contribution in [3.8, 4) is 0 Å². The highest BCUT2D eigenvalue weighted by atomic mass is 32.2. The molecule has 0 bridgehead atoms. The zero-order chi connectivity index (χ0) is 22.5. The number of carbonyl (C=O) groups excluding carboxylic acids is 1. The van der Waals surface area contributed by atoms with Gasteiger partial charge in [0.25, 0.3) is 15.9 Å². The average molecular weight is 449 g/mol. The molecule has 1 fully saturated rings. The summed E-state index contributed by atoms with van der Waals surface area (Å²) >= 11 is 0. The zero-order valence-corrected chi connectivity index (χ0v) is 18.8. The number of pyridine rings is 1. The lowest BCUT2D eigenvalue weighted by atomic mass is 10.0. The fraction of sp³-hybridized carbons (Fsp3) is 0.292. The van der Waals surface area contributed by atoms with Crippen LogP contribution in [0.4, 0.5) is 0 Å². The van der Waals surface area contributed by atoms with Gasteiger partial charge in [0, 0.05) is 42.8 Å². The van der Waals surface area contributed by atoms with Crippen molar-refractivity contribution in [3.05, 3.63) is 71.4 Å². The molecule has 3 heterocycles. The Kier molecular flexibility index (Phi) is 4.97. The van der Waals surface area contributed by atoms with Crippen molar-refractivity contribution >= 4 is 32.7 Å². The summed E-state index contributed by atoms with van der Waals surface area (Å²) in [5.41, 5.74) is 3.02. The van der Waals surface area contributed by atoms with Gasteiger partial charge in [-0.1, -0.05) is 44.2 Å². The Morgan fingerprint density at radius 2 is 1.66 bits per heavy atom. The van der Waals surface area contributed by atoms with E-state index >= 15 is 0 Å². The number of carbonyl (C=O) groups is 1. The molecule has 0 spiro atoms. The molecule has 1 aromatic heterocycles. The van der Waals surface area contributed by atoms with Gasteiger partial charge in [-0.15, -0.1) is 4.40 Å². The van der Waals surface area contributed by atoms with E-state index in [1.807, 2.05) is 46.2 Å². The highest BCUT2D eigenvalue weighted by Gasteiger charge is 2.34. The third-order valence-electron chi connectivity index (χ3n) is 6.04. The minimum absolute atomic E-state index is 0.0217. The molecule has 164 valence electrons. The number of nitrogens with zero attached hydrogens (tertiary/aromatic N) is 4. The molecule has 0 saturated carbocycles. The third kappa shape index (κ3) is 3.44. The summed E-state index contributed by atoms with van der Waals surface area (Å²) in [6.45, 7) is 6.17. The van der Waals surface area contributed by atoms with Crippen molar-refractivity contribution in [1.82, 2.24) is 14.8 Å². The first-order chi connectivity index (χ1) is 15.3. The van der Waals surface area contributed by atoms with Gasteiger partial charge in [-0.05, 0) is 30.2 Å². The molecule has 0 atom stereocenters. The first-order valence-corrected chi connectivity index (χ1v) is 12.2. The van der Waals surface area contributed by atoms with Crippen LogP contribution in [-0.4, -0.2) is 61.1 Å². The second-order valence-corrected chi connectivity index (χ2v) is 10.0. The number of piperazine rings is 1. The van der Waals surface area contributed by atoms with Crippen molar-refractivity contribution in [2.45, 2.75) is 24.7 Å². The van der Waals surface area contributed by atoms with Crippen LogP contribution in [0.3, 0.4) is 0 Å². The lowest BCUT2D eigenvalue weighted by Crippen LogP contribution is -2.50. The van der Waals surface area contributed by atoms with Crippen LogP contribution in [0.2, 0.25) is 0 Å². The Labute approximate surface area is 187 Å². The van der Waals surface area contributed by atoms with Crippen molar-refractivity contribution < 1.29 is 13.2 Å². The molecule has 3 aromatic rings. The maximum absolute atomic E-state index is 13.5. The number of aromatic nitrogens is 1. The molecule has 0 unspecified atom stereocenters. The minimum atomic E-state index is -3.66. The topological polar surface area (TPSA) is 82.9 Å². The maximum atomic E-state index is 13.5. The highest BCUT2D eigenvalue weighted by molar-refractivity contribution is 7.90. The van der Waals surface area contributed by atoms with Gasteiger partial charge in [0.05, 0.1) is 11.1 Å². The molecule has 7 nitrogen and oxygen atoms in total. The van der Waals surface area contributed by atoms with Crippen molar-refractivity contribution in [2.75, 3.05) is 26.2 Å². The van der Waals surface area contributed by atoms with Gasteiger partial charge in [-0.2, -0.15) is 8.42 Å². The van der Waals surface area contributed by atoms with E-state index in [2.05, 4.69) is 18.2 Å². The summed E-state index contributed by atoms with van der Waals surface area (Å²) < 4.78 is 28.8. The smallest absolute Gasteiger partial charge is 0.285 e. The molecule has 2 aliphatic rings. The molecule has 0 radical (unpaired) electrons. The van der Waals surface area contributed by atoms with Crippen LogP contribution in [-0.2, 0) is 10.0 Å². The number of sulfonamides is 1. The molecule has 2 aliphatic heterocycles. The van der Waals surface area contributed by atoms with E-state index < -0.39 is 10.0 Å². The summed E-state index contributed by atoms with van der Waals surface area (Å²) in [7, 11) is -3.66. The predicted octanol–water partition coefficient (Wildman–Crippen LogP) is 3.27. The van der Waals surface area contributed by atoms with Gasteiger partial charge >= 0.3 is 0 Å². The number of amidine groups is 1. The largest absolute Gasteiger partial charge is 0.352 e. The Morgan fingerprint density at radius 3 is 2.41 bits per heavy atom. The van der Waals surface area contributed by atoms with E-state index in [0.29, 0.717) is 43.1 Å². The number of fused-ring (bicyclic) bond motifs is 2.